The van der Waals surface area contributed by atoms with Gasteiger partial charge in [-0.25, -0.2) is 9.50 Å². The van der Waals surface area contributed by atoms with Crippen LogP contribution in [0.25, 0.3) is 27.7 Å². The summed E-state index contributed by atoms with van der Waals surface area (Å²) in [5.41, 5.74) is 9.65. The Kier molecular flexibility index (Phi) is 3.47. The smallest absolute Gasteiger partial charge is 0.323 e. The number of nitrogens with two attached hydrogens (primary N) is 1. The summed E-state index contributed by atoms with van der Waals surface area (Å²) in [7, 11) is 0. The van der Waals surface area contributed by atoms with Gasteiger partial charge in [-0.05, 0) is 24.6 Å². The highest BCUT2D eigenvalue weighted by Crippen LogP contribution is 2.28. The number of rotatable bonds is 4. The lowest BCUT2D eigenvalue weighted by atomic mass is 10.0. The Labute approximate surface area is 147 Å². The molecule has 8 heteroatoms. The van der Waals surface area contributed by atoms with Crippen molar-refractivity contribution in [1.82, 2.24) is 19.2 Å². The van der Waals surface area contributed by atoms with E-state index in [1.807, 2.05) is 31.3 Å². The maximum Gasteiger partial charge on any atom is 0.323 e. The lowest BCUT2D eigenvalue weighted by Gasteiger charge is -2.05. The molecule has 0 atom stereocenters. The number of aliphatic carboxylic acids is 1. The molecule has 0 saturated carbocycles. The highest BCUT2D eigenvalue weighted by atomic mass is 16.4. The summed E-state index contributed by atoms with van der Waals surface area (Å²) >= 11 is 0. The van der Waals surface area contributed by atoms with Gasteiger partial charge in [0.25, 0.3) is 5.91 Å². The van der Waals surface area contributed by atoms with Gasteiger partial charge in [0.1, 0.15) is 6.54 Å². The minimum atomic E-state index is -0.995. The maximum atomic E-state index is 11.8. The van der Waals surface area contributed by atoms with Gasteiger partial charge >= 0.3 is 5.97 Å². The molecule has 3 aromatic heterocycles. The number of benzene rings is 1. The monoisotopic (exact) mass is 349 g/mol. The van der Waals surface area contributed by atoms with Crippen LogP contribution in [-0.4, -0.2) is 36.1 Å². The van der Waals surface area contributed by atoms with E-state index < -0.39 is 11.9 Å². The largest absolute Gasteiger partial charge is 0.480 e. The molecule has 0 radical (unpaired) electrons. The van der Waals surface area contributed by atoms with Crippen molar-refractivity contribution in [2.75, 3.05) is 0 Å². The number of carbonyl (C=O) groups excluding carboxylic acids is 1. The summed E-state index contributed by atoms with van der Waals surface area (Å²) in [5, 5.41) is 14.0. The molecule has 0 spiro atoms. The van der Waals surface area contributed by atoms with Crippen LogP contribution in [0.4, 0.5) is 0 Å². The topological polar surface area (TPSA) is 116 Å². The number of hydrogen-bond acceptors (Lipinski definition) is 4. The molecular formula is C18H15N5O3. The van der Waals surface area contributed by atoms with Crippen molar-refractivity contribution in [2.24, 2.45) is 5.73 Å². The average molecular weight is 349 g/mol. The second-order valence-electron chi connectivity index (χ2n) is 6.09. The molecule has 0 fully saturated rings. The van der Waals surface area contributed by atoms with Gasteiger partial charge in [0.15, 0.2) is 5.65 Å². The number of aryl methyl sites for hydroxylation is 1. The van der Waals surface area contributed by atoms with E-state index in [9.17, 15) is 9.59 Å². The Hall–Kier alpha value is -3.68. The van der Waals surface area contributed by atoms with Crippen molar-refractivity contribution in [2.45, 2.75) is 13.5 Å². The van der Waals surface area contributed by atoms with Crippen LogP contribution >= 0.6 is 0 Å². The Morgan fingerprint density at radius 2 is 2.00 bits per heavy atom. The van der Waals surface area contributed by atoms with Crippen molar-refractivity contribution in [3.05, 3.63) is 54.1 Å². The molecule has 3 heterocycles. The van der Waals surface area contributed by atoms with E-state index >= 15 is 0 Å². The standard InChI is InChI=1S/C18H15N5O3/c1-10-4-16-20-6-12(7-23(16)21-10)11-2-3-15-13(5-11)14(18(19)26)8-22(15)9-17(24)25/h2-8H,9H2,1H3,(H2,19,26)(H,24,25). The number of aromatic nitrogens is 4. The molecule has 130 valence electrons. The molecule has 4 aromatic rings. The zero-order chi connectivity index (χ0) is 18.4. The van der Waals surface area contributed by atoms with E-state index in [0.717, 1.165) is 22.5 Å². The first-order valence-corrected chi connectivity index (χ1v) is 7.89. The van der Waals surface area contributed by atoms with Crippen molar-refractivity contribution >= 4 is 28.4 Å². The lowest BCUT2D eigenvalue weighted by molar-refractivity contribution is -0.137. The minimum Gasteiger partial charge on any atom is -0.480 e. The number of fused-ring (bicyclic) bond motifs is 2. The van der Waals surface area contributed by atoms with Crippen molar-refractivity contribution in [3.63, 3.8) is 0 Å². The predicted octanol–water partition coefficient (Wildman–Crippen LogP) is 1.84. The molecule has 0 aliphatic rings. The van der Waals surface area contributed by atoms with Crippen LogP contribution in [0, 0.1) is 6.92 Å². The number of nitrogens with zero attached hydrogens (tertiary/aromatic N) is 4. The lowest BCUT2D eigenvalue weighted by Crippen LogP contribution is -2.11. The maximum absolute atomic E-state index is 11.8. The van der Waals surface area contributed by atoms with Crippen LogP contribution in [-0.2, 0) is 11.3 Å². The van der Waals surface area contributed by atoms with Crippen LogP contribution in [0.2, 0.25) is 0 Å². The van der Waals surface area contributed by atoms with Crippen LogP contribution in [0.3, 0.4) is 0 Å². The zero-order valence-electron chi connectivity index (χ0n) is 13.9. The highest BCUT2D eigenvalue weighted by molar-refractivity contribution is 6.07. The van der Waals surface area contributed by atoms with Crippen molar-refractivity contribution in [3.8, 4) is 11.1 Å². The Bertz CT molecular complexity index is 1190. The van der Waals surface area contributed by atoms with Crippen LogP contribution < -0.4 is 5.73 Å². The molecule has 26 heavy (non-hydrogen) atoms. The van der Waals surface area contributed by atoms with E-state index in [1.165, 1.54) is 10.8 Å². The van der Waals surface area contributed by atoms with Crippen molar-refractivity contribution < 1.29 is 14.7 Å². The summed E-state index contributed by atoms with van der Waals surface area (Å²) < 4.78 is 3.19. The van der Waals surface area contributed by atoms with Gasteiger partial charge in [0, 0.05) is 41.1 Å². The summed E-state index contributed by atoms with van der Waals surface area (Å²) in [5.74, 6) is -1.60. The van der Waals surface area contributed by atoms with Gasteiger partial charge in [0.05, 0.1) is 11.3 Å². The molecule has 8 nitrogen and oxygen atoms in total. The first-order valence-electron chi connectivity index (χ1n) is 7.89. The summed E-state index contributed by atoms with van der Waals surface area (Å²) in [6, 6.07) is 7.32. The van der Waals surface area contributed by atoms with Gasteiger partial charge in [-0.3, -0.25) is 9.59 Å². The van der Waals surface area contributed by atoms with Gasteiger partial charge in [0.2, 0.25) is 0 Å². The van der Waals surface area contributed by atoms with Crippen LogP contribution in [0.5, 0.6) is 0 Å². The van der Waals surface area contributed by atoms with Gasteiger partial charge < -0.3 is 15.4 Å². The Morgan fingerprint density at radius 1 is 1.19 bits per heavy atom. The number of carboxylic acids is 1. The van der Waals surface area contributed by atoms with Crippen LogP contribution in [0.15, 0.2) is 42.9 Å². The van der Waals surface area contributed by atoms with E-state index in [0.29, 0.717) is 10.9 Å². The molecule has 0 aliphatic heterocycles. The molecule has 1 amide bonds. The molecule has 0 aliphatic carbocycles. The normalized spacial score (nSPS) is 11.3. The molecule has 0 unspecified atom stereocenters. The van der Waals surface area contributed by atoms with E-state index in [4.69, 9.17) is 10.8 Å². The fraction of sp³-hybridized carbons (Fsp3) is 0.111. The second kappa shape index (κ2) is 5.69. The molecular weight excluding hydrogens is 334 g/mol. The number of carbonyl (C=O) groups is 2. The Morgan fingerprint density at radius 3 is 2.73 bits per heavy atom. The quantitative estimate of drug-likeness (QED) is 0.583. The second-order valence-corrected chi connectivity index (χ2v) is 6.09. The number of amides is 1. The SMILES string of the molecule is Cc1cc2ncc(-c3ccc4c(c3)c(C(N)=O)cn4CC(=O)O)cn2n1. The molecule has 0 bridgehead atoms. The molecule has 1 aromatic carbocycles. The summed E-state index contributed by atoms with van der Waals surface area (Å²) in [4.78, 5) is 27.2. The summed E-state index contributed by atoms with van der Waals surface area (Å²) in [6.45, 7) is 1.65. The Balaban J connectivity index is 1.89. The molecule has 4 rings (SSSR count). The predicted molar refractivity (Wildman–Crippen MR) is 94.8 cm³/mol. The highest BCUT2D eigenvalue weighted by Gasteiger charge is 2.15. The van der Waals surface area contributed by atoms with Gasteiger partial charge in [-0.2, -0.15) is 5.10 Å². The number of primary amides is 1. The minimum absolute atomic E-state index is 0.247. The van der Waals surface area contributed by atoms with Crippen molar-refractivity contribution in [1.29, 1.82) is 0 Å². The fourth-order valence-electron chi connectivity index (χ4n) is 3.09. The number of hydrogen-bond donors (Lipinski definition) is 2. The first-order chi connectivity index (χ1) is 12.4. The average Bonchev–Trinajstić information content (AvgIpc) is 3.13. The summed E-state index contributed by atoms with van der Waals surface area (Å²) in [6.07, 6.45) is 5.06. The first kappa shape index (κ1) is 15.8. The molecule has 3 N–H and O–H groups in total. The third kappa shape index (κ3) is 2.57. The fourth-order valence-corrected chi connectivity index (χ4v) is 3.09. The zero-order valence-corrected chi connectivity index (χ0v) is 13.9. The van der Waals surface area contributed by atoms with E-state index in [1.54, 1.807) is 16.8 Å². The third-order valence-corrected chi connectivity index (χ3v) is 4.22. The van der Waals surface area contributed by atoms with Gasteiger partial charge in [-0.1, -0.05) is 6.07 Å². The van der Waals surface area contributed by atoms with E-state index in [2.05, 4.69) is 10.1 Å². The third-order valence-electron chi connectivity index (χ3n) is 4.22. The van der Waals surface area contributed by atoms with Crippen LogP contribution in [0.1, 0.15) is 16.1 Å². The van der Waals surface area contributed by atoms with Gasteiger partial charge in [-0.15, -0.1) is 0 Å². The van der Waals surface area contributed by atoms with E-state index in [-0.39, 0.29) is 12.1 Å². The molecule has 0 saturated heterocycles. The number of carboxylic acid groups (broad SMARTS) is 1.